The number of para-hydroxylation sites is 1. The fraction of sp³-hybridized carbons (Fsp3) is 0.276. The molecule has 0 aliphatic carbocycles. The maximum atomic E-state index is 13.2. The molecule has 35 heavy (non-hydrogen) atoms. The summed E-state index contributed by atoms with van der Waals surface area (Å²) in [6, 6.07) is 23.4. The van der Waals surface area contributed by atoms with E-state index in [0.29, 0.717) is 34.6 Å². The van der Waals surface area contributed by atoms with Gasteiger partial charge in [-0.05, 0) is 48.9 Å². The Morgan fingerprint density at radius 3 is 2.31 bits per heavy atom. The second kappa shape index (κ2) is 10.2. The van der Waals surface area contributed by atoms with Crippen molar-refractivity contribution < 1.29 is 13.9 Å². The Morgan fingerprint density at radius 2 is 1.60 bits per heavy atom. The lowest BCUT2D eigenvalue weighted by Gasteiger charge is -2.36. The largest absolute Gasteiger partial charge is 0.497 e. The highest BCUT2D eigenvalue weighted by atomic mass is 16.5. The van der Waals surface area contributed by atoms with Crippen LogP contribution in [0.4, 0.5) is 5.69 Å². The van der Waals surface area contributed by atoms with Crippen molar-refractivity contribution in [3.8, 4) is 22.6 Å². The van der Waals surface area contributed by atoms with Crippen molar-refractivity contribution in [3.05, 3.63) is 88.8 Å². The summed E-state index contributed by atoms with van der Waals surface area (Å²) < 4.78 is 17.3. The third kappa shape index (κ3) is 5.03. The predicted molar refractivity (Wildman–Crippen MR) is 140 cm³/mol. The van der Waals surface area contributed by atoms with E-state index < -0.39 is 0 Å². The second-order valence-corrected chi connectivity index (χ2v) is 8.76. The minimum atomic E-state index is -0.0447. The molecule has 6 nitrogen and oxygen atoms in total. The van der Waals surface area contributed by atoms with E-state index in [9.17, 15) is 4.79 Å². The molecule has 1 aliphatic heterocycles. The van der Waals surface area contributed by atoms with E-state index in [0.717, 1.165) is 44.0 Å². The summed E-state index contributed by atoms with van der Waals surface area (Å²) in [5.74, 6) is 2.04. The number of nitrogens with zero attached hydrogens (tertiary/aromatic N) is 2. The molecule has 0 atom stereocenters. The van der Waals surface area contributed by atoms with Gasteiger partial charge < -0.3 is 18.8 Å². The van der Waals surface area contributed by atoms with Gasteiger partial charge in [0.15, 0.2) is 0 Å². The van der Waals surface area contributed by atoms with Crippen LogP contribution in [-0.4, -0.2) is 51.3 Å². The number of rotatable bonds is 7. The van der Waals surface area contributed by atoms with Crippen molar-refractivity contribution in [2.45, 2.75) is 6.92 Å². The summed E-state index contributed by atoms with van der Waals surface area (Å²) in [7, 11) is 1.62. The van der Waals surface area contributed by atoms with Gasteiger partial charge in [0.25, 0.3) is 0 Å². The molecule has 5 rings (SSSR count). The lowest BCUT2D eigenvalue weighted by Crippen LogP contribution is -2.47. The molecule has 0 radical (unpaired) electrons. The average molecular weight is 471 g/mol. The topological polar surface area (TPSA) is 55.2 Å². The molecule has 4 aromatic rings. The van der Waals surface area contributed by atoms with Crippen LogP contribution >= 0.6 is 0 Å². The highest BCUT2D eigenvalue weighted by Gasteiger charge is 2.17. The van der Waals surface area contributed by atoms with Gasteiger partial charge in [0.1, 0.15) is 29.4 Å². The number of anilines is 1. The zero-order valence-electron chi connectivity index (χ0n) is 20.2. The molecular formula is C29H30N2O4. The summed E-state index contributed by atoms with van der Waals surface area (Å²) in [5, 5.41) is 0.547. The van der Waals surface area contributed by atoms with E-state index in [1.165, 1.54) is 5.69 Å². The van der Waals surface area contributed by atoms with Crippen LogP contribution in [0.5, 0.6) is 11.5 Å². The zero-order chi connectivity index (χ0) is 24.2. The molecule has 0 unspecified atom stereocenters. The molecule has 1 fully saturated rings. The summed E-state index contributed by atoms with van der Waals surface area (Å²) in [5.41, 5.74) is 3.16. The summed E-state index contributed by atoms with van der Waals surface area (Å²) in [6.45, 7) is 7.32. The molecule has 0 N–H and O–H groups in total. The number of ether oxygens (including phenoxy) is 2. The first kappa shape index (κ1) is 23.0. The van der Waals surface area contributed by atoms with Crippen LogP contribution in [0.25, 0.3) is 22.1 Å². The number of hydrogen-bond acceptors (Lipinski definition) is 6. The molecule has 0 spiro atoms. The minimum Gasteiger partial charge on any atom is -0.497 e. The van der Waals surface area contributed by atoms with Gasteiger partial charge in [0, 0.05) is 44.5 Å². The maximum absolute atomic E-state index is 13.2. The van der Waals surface area contributed by atoms with E-state index in [2.05, 4.69) is 40.1 Å². The first-order valence-electron chi connectivity index (χ1n) is 12.0. The smallest absolute Gasteiger partial charge is 0.200 e. The number of benzene rings is 3. The Balaban J connectivity index is 1.22. The van der Waals surface area contributed by atoms with Gasteiger partial charge in [-0.3, -0.25) is 9.69 Å². The Kier molecular flexibility index (Phi) is 6.73. The van der Waals surface area contributed by atoms with E-state index in [-0.39, 0.29) is 5.43 Å². The normalized spacial score (nSPS) is 14.3. The van der Waals surface area contributed by atoms with Crippen LogP contribution in [0.2, 0.25) is 0 Å². The van der Waals surface area contributed by atoms with Gasteiger partial charge in [0.2, 0.25) is 5.43 Å². The van der Waals surface area contributed by atoms with Crippen LogP contribution in [-0.2, 0) is 0 Å². The quantitative estimate of drug-likeness (QED) is 0.380. The number of hydrogen-bond donors (Lipinski definition) is 0. The summed E-state index contributed by atoms with van der Waals surface area (Å²) in [4.78, 5) is 18.1. The molecule has 180 valence electrons. The van der Waals surface area contributed by atoms with Gasteiger partial charge in [-0.15, -0.1) is 0 Å². The van der Waals surface area contributed by atoms with Crippen molar-refractivity contribution in [2.75, 3.05) is 51.3 Å². The zero-order valence-corrected chi connectivity index (χ0v) is 20.2. The fourth-order valence-electron chi connectivity index (χ4n) is 4.63. The molecular weight excluding hydrogens is 440 g/mol. The average Bonchev–Trinajstić information content (AvgIpc) is 2.90. The number of fused-ring (bicyclic) bond motifs is 1. The van der Waals surface area contributed by atoms with Crippen molar-refractivity contribution in [2.24, 2.45) is 0 Å². The van der Waals surface area contributed by atoms with E-state index >= 15 is 0 Å². The number of methoxy groups -OCH3 is 1. The molecule has 0 amide bonds. The van der Waals surface area contributed by atoms with Crippen molar-refractivity contribution in [1.82, 2.24) is 4.90 Å². The third-order valence-electron chi connectivity index (χ3n) is 6.59. The van der Waals surface area contributed by atoms with Crippen LogP contribution in [0, 0.1) is 6.92 Å². The Labute approximate surface area is 205 Å². The monoisotopic (exact) mass is 470 g/mol. The van der Waals surface area contributed by atoms with Gasteiger partial charge in [0.05, 0.1) is 18.1 Å². The lowest BCUT2D eigenvalue weighted by atomic mass is 10.0. The summed E-state index contributed by atoms with van der Waals surface area (Å²) >= 11 is 0. The van der Waals surface area contributed by atoms with Gasteiger partial charge in [-0.2, -0.15) is 0 Å². The molecule has 3 aromatic carbocycles. The van der Waals surface area contributed by atoms with Crippen LogP contribution < -0.4 is 19.8 Å². The van der Waals surface area contributed by atoms with E-state index in [1.54, 1.807) is 13.2 Å². The number of aryl methyl sites for hydroxylation is 1. The lowest BCUT2D eigenvalue weighted by molar-refractivity contribution is 0.200. The first-order valence-corrected chi connectivity index (χ1v) is 12.0. The van der Waals surface area contributed by atoms with Crippen LogP contribution in [0.15, 0.2) is 82.0 Å². The van der Waals surface area contributed by atoms with Crippen molar-refractivity contribution >= 4 is 16.7 Å². The predicted octanol–water partition coefficient (Wildman–Crippen LogP) is 4.98. The second-order valence-electron chi connectivity index (χ2n) is 8.76. The SMILES string of the molecule is COc1ccc(-c2c(C)oc3cc(OCCN4CCN(c5ccccc5)CC4)ccc3c2=O)cc1. The molecule has 1 saturated heterocycles. The van der Waals surface area contributed by atoms with Gasteiger partial charge in [-0.1, -0.05) is 30.3 Å². The van der Waals surface area contributed by atoms with Crippen molar-refractivity contribution in [1.29, 1.82) is 0 Å². The highest BCUT2D eigenvalue weighted by molar-refractivity contribution is 5.83. The molecule has 0 saturated carbocycles. The van der Waals surface area contributed by atoms with Crippen LogP contribution in [0.3, 0.4) is 0 Å². The first-order chi connectivity index (χ1) is 17.1. The molecule has 6 heteroatoms. The number of piperazine rings is 1. The Hall–Kier alpha value is -3.77. The highest BCUT2D eigenvalue weighted by Crippen LogP contribution is 2.27. The molecule has 2 heterocycles. The summed E-state index contributed by atoms with van der Waals surface area (Å²) in [6.07, 6.45) is 0. The van der Waals surface area contributed by atoms with Crippen LogP contribution in [0.1, 0.15) is 5.76 Å². The Morgan fingerprint density at radius 1 is 0.886 bits per heavy atom. The standard InChI is InChI=1S/C29H30N2O4/c1-21-28(22-8-10-24(33-2)11-9-22)29(32)26-13-12-25(20-27(26)35-21)34-19-18-30-14-16-31(17-15-30)23-6-4-3-5-7-23/h3-13,20H,14-19H2,1-2H3. The fourth-order valence-corrected chi connectivity index (χ4v) is 4.63. The van der Waals surface area contributed by atoms with Crippen molar-refractivity contribution in [3.63, 3.8) is 0 Å². The molecule has 1 aliphatic rings. The maximum Gasteiger partial charge on any atom is 0.200 e. The molecule has 0 bridgehead atoms. The molecule has 1 aromatic heterocycles. The third-order valence-corrected chi connectivity index (χ3v) is 6.59. The van der Waals surface area contributed by atoms with Gasteiger partial charge >= 0.3 is 0 Å². The minimum absolute atomic E-state index is 0.0447. The Bertz CT molecular complexity index is 1340. The van der Waals surface area contributed by atoms with Gasteiger partial charge in [-0.25, -0.2) is 0 Å². The van der Waals surface area contributed by atoms with E-state index in [1.807, 2.05) is 43.3 Å². The van der Waals surface area contributed by atoms with E-state index in [4.69, 9.17) is 13.9 Å².